The van der Waals surface area contributed by atoms with Gasteiger partial charge in [-0.15, -0.1) is 0 Å². The minimum absolute atomic E-state index is 0. The van der Waals surface area contributed by atoms with Crippen LogP contribution in [-0.2, 0) is 66.6 Å². The molecule has 0 aromatic carbocycles. The molecule has 0 bridgehead atoms. The zero-order chi connectivity index (χ0) is 4.00. The molecule has 0 saturated carbocycles. The molecule has 0 heterocycles. The maximum Gasteiger partial charge on any atom is 2.00 e. The Labute approximate surface area is 66.3 Å². The van der Waals surface area contributed by atoms with Crippen molar-refractivity contribution in [3.05, 3.63) is 0 Å². The van der Waals surface area contributed by atoms with Crippen LogP contribution in [0.25, 0.3) is 0 Å². The Kier molecular flexibility index (Phi) is 451. The van der Waals surface area contributed by atoms with E-state index in [9.17, 15) is 0 Å². The van der Waals surface area contributed by atoms with Crippen LogP contribution in [0.15, 0.2) is 0 Å². The fourth-order valence-corrected chi connectivity index (χ4v) is 0. The quantitative estimate of drug-likeness (QED) is 0.568. The predicted octanol–water partition coefficient (Wildman–Crippen LogP) is -0.364. The van der Waals surface area contributed by atoms with Crippen LogP contribution in [0.2, 0.25) is 0 Å². The van der Waals surface area contributed by atoms with Gasteiger partial charge in [0.15, 0.2) is 0 Å². The second kappa shape index (κ2) is 102. The maximum absolute atomic E-state index is 8.18. The summed E-state index contributed by atoms with van der Waals surface area (Å²) in [7, 11) is 0. The van der Waals surface area contributed by atoms with E-state index in [0.29, 0.717) is 0 Å². The van der Waals surface area contributed by atoms with E-state index in [1.807, 2.05) is 0 Å². The van der Waals surface area contributed by atoms with Gasteiger partial charge in [0, 0.05) is 0 Å². The third kappa shape index (κ3) is 56.7. The molecule has 0 N–H and O–H groups in total. The summed E-state index contributed by atoms with van der Waals surface area (Å²) in [6.07, 6.45) is 0. The van der Waals surface area contributed by atoms with Crippen LogP contribution in [0.1, 0.15) is 0 Å². The Morgan fingerprint density at radius 2 is 1.17 bits per heavy atom. The molecule has 0 atom stereocenters. The summed E-state index contributed by atoms with van der Waals surface area (Å²) in [5, 5.41) is 0. The molecule has 0 aromatic rings. The average Bonchev–Trinajstić information content (AvgIpc) is 1.50. The summed E-state index contributed by atoms with van der Waals surface area (Å²) in [6.45, 7) is 0. The molecular weight excluding hydrogens is 278 g/mol. The minimum Gasteiger partial charge on any atom is 2.00 e. The predicted molar refractivity (Wildman–Crippen MR) is 2.06 cm³/mol. The molecule has 0 aliphatic carbocycles. The smallest absolute Gasteiger partial charge is 2.00 e. The normalized spacial score (nSPS) is 1.67. The number of rotatable bonds is 0. The zero-order valence-corrected chi connectivity index (χ0v) is 8.23. The summed E-state index contributed by atoms with van der Waals surface area (Å²) in [5.74, 6) is 0. The van der Waals surface area contributed by atoms with Crippen molar-refractivity contribution in [1.29, 1.82) is 0 Å². The van der Waals surface area contributed by atoms with Crippen molar-refractivity contribution in [2.75, 3.05) is 0 Å². The van der Waals surface area contributed by atoms with Crippen molar-refractivity contribution in [3.63, 3.8) is 0 Å². The Bertz CT molecular complexity index is 12.8. The molecule has 0 aliphatic heterocycles. The fraction of sp³-hybridized carbons (Fsp3) is 0. The van der Waals surface area contributed by atoms with Crippen LogP contribution in [0.4, 0.5) is 0 Å². The molecule has 0 amide bonds. The van der Waals surface area contributed by atoms with E-state index in [4.69, 9.17) is 7.41 Å². The van der Waals surface area contributed by atoms with Crippen molar-refractivity contribution in [3.8, 4) is 0 Å². The second-order valence-corrected chi connectivity index (χ2v) is 0. The summed E-state index contributed by atoms with van der Waals surface area (Å²) < 4.78 is 16.0. The Morgan fingerprint density at radius 3 is 1.17 bits per heavy atom. The van der Waals surface area contributed by atoms with Crippen molar-refractivity contribution < 1.29 is 66.6 Å². The van der Waals surface area contributed by atoms with Crippen LogP contribution in [0.5, 0.6) is 0 Å². The summed E-state index contributed by atoms with van der Waals surface area (Å²) in [6, 6.07) is 0. The van der Waals surface area contributed by atoms with Crippen molar-refractivity contribution >= 4 is 0 Å². The van der Waals surface area contributed by atoms with E-state index in [2.05, 4.69) is 15.9 Å². The first-order valence-electron chi connectivity index (χ1n) is 0.267. The van der Waals surface area contributed by atoms with Gasteiger partial charge in [-0.3, -0.25) is 0 Å². The minimum atomic E-state index is 0. The van der Waals surface area contributed by atoms with E-state index >= 15 is 0 Å². The van der Waals surface area contributed by atoms with Gasteiger partial charge in [-0.25, -0.2) is 0 Å². The van der Waals surface area contributed by atoms with Crippen molar-refractivity contribution in [1.82, 2.24) is 0 Å². The molecular formula is CuO3RuZn+. The van der Waals surface area contributed by atoms with Gasteiger partial charge in [-0.1, -0.05) is 0 Å². The van der Waals surface area contributed by atoms with Crippen LogP contribution in [0.3, 0.4) is 0 Å². The monoisotopic (exact) mass is 277 g/mol. The van der Waals surface area contributed by atoms with Gasteiger partial charge < -0.3 is 5.48 Å². The first-order chi connectivity index (χ1) is 2.00. The Balaban J connectivity index is -0.00000000500. The number of hydrogen-bond acceptors (Lipinski definition) is 2. The third-order valence-electron chi connectivity index (χ3n) is 0. The average molecular weight is 278 g/mol. The second-order valence-electron chi connectivity index (χ2n) is 0. The summed E-state index contributed by atoms with van der Waals surface area (Å²) in [4.78, 5) is 0. The van der Waals surface area contributed by atoms with E-state index < -0.39 is 0 Å². The Hall–Kier alpha value is 1.33. The fourth-order valence-electron chi connectivity index (χ4n) is 0. The molecule has 0 aromatic heterocycles. The molecule has 0 radical (unpaired) electrons. The third-order valence-corrected chi connectivity index (χ3v) is 0. The van der Waals surface area contributed by atoms with Gasteiger partial charge in [0.25, 0.3) is 0 Å². The van der Waals surface area contributed by atoms with Crippen LogP contribution in [-0.4, -0.2) is 0 Å². The molecule has 0 aliphatic rings. The topological polar surface area (TPSA) is 62.6 Å². The van der Waals surface area contributed by atoms with Gasteiger partial charge in [0.05, 0.1) is 0 Å². The maximum atomic E-state index is 8.18. The zero-order valence-electron chi connectivity index (χ0n) is 2.59. The van der Waals surface area contributed by atoms with E-state index in [1.165, 1.54) is 0 Å². The Morgan fingerprint density at radius 1 is 1.17 bits per heavy atom. The molecule has 0 unspecified atom stereocenters. The van der Waals surface area contributed by atoms with Crippen molar-refractivity contribution in [2.24, 2.45) is 0 Å². The van der Waals surface area contributed by atoms with Crippen LogP contribution < -0.4 is 0 Å². The van der Waals surface area contributed by atoms with Gasteiger partial charge >= 0.3 is 61.1 Å². The summed E-state index contributed by atoms with van der Waals surface area (Å²) in [5.41, 5.74) is 0. The van der Waals surface area contributed by atoms with Gasteiger partial charge in [0.1, 0.15) is 0 Å². The standard InChI is InChI=1S/Cu.3O.Ru.Zn/q;;;-2;+1;+2. The van der Waals surface area contributed by atoms with Gasteiger partial charge in [-0.2, -0.15) is 0 Å². The molecule has 6 heavy (non-hydrogen) atoms. The van der Waals surface area contributed by atoms with Crippen molar-refractivity contribution in [2.45, 2.75) is 0 Å². The SMILES string of the molecule is [O-2].[O]=[Cu].[O]=[Ru+].[Zn+2]. The molecule has 0 spiro atoms. The van der Waals surface area contributed by atoms with E-state index in [0.717, 1.165) is 18.3 Å². The van der Waals surface area contributed by atoms with E-state index in [1.54, 1.807) is 0 Å². The van der Waals surface area contributed by atoms with E-state index in [-0.39, 0.29) is 25.0 Å². The van der Waals surface area contributed by atoms with Crippen LogP contribution >= 0.6 is 0 Å². The molecule has 38 valence electrons. The van der Waals surface area contributed by atoms with Gasteiger partial charge in [-0.05, 0) is 0 Å². The first-order valence-corrected chi connectivity index (χ1v) is 1.36. The molecule has 3 nitrogen and oxygen atoms in total. The molecule has 0 fully saturated rings. The molecule has 6 heteroatoms. The first kappa shape index (κ1) is 26.5. The molecule has 0 rings (SSSR count). The molecule has 0 saturated heterocycles. The van der Waals surface area contributed by atoms with Crippen LogP contribution in [0, 0.1) is 0 Å². The number of hydrogen-bond donors (Lipinski definition) is 0. The summed E-state index contributed by atoms with van der Waals surface area (Å²) >= 11 is 4.04. The largest absolute Gasteiger partial charge is 2.00 e. The van der Waals surface area contributed by atoms with Gasteiger partial charge in [0.2, 0.25) is 0 Å².